The minimum atomic E-state index is 0.801. The molecule has 1 fully saturated rings. The minimum Gasteiger partial charge on any atom is -0.379 e. The first-order valence-corrected chi connectivity index (χ1v) is 9.20. The van der Waals surface area contributed by atoms with Gasteiger partial charge in [0.1, 0.15) is 0 Å². The van der Waals surface area contributed by atoms with Gasteiger partial charge < -0.3 is 15.0 Å². The summed E-state index contributed by atoms with van der Waals surface area (Å²) < 4.78 is 5.48. The monoisotopic (exact) mass is 344 g/mol. The van der Waals surface area contributed by atoms with Gasteiger partial charge in [-0.05, 0) is 28.8 Å². The fraction of sp³-hybridized carbons (Fsp3) is 0.217. The van der Waals surface area contributed by atoms with Gasteiger partial charge in [-0.1, -0.05) is 66.7 Å². The Hall–Kier alpha value is -2.78. The van der Waals surface area contributed by atoms with E-state index in [0.717, 1.165) is 32.8 Å². The summed E-state index contributed by atoms with van der Waals surface area (Å²) >= 11 is 0. The molecule has 132 valence electrons. The number of hydrogen-bond acceptors (Lipinski definition) is 3. The number of nitrogens with zero attached hydrogens (tertiary/aromatic N) is 1. The summed E-state index contributed by atoms with van der Waals surface area (Å²) in [5.74, 6) is 0. The Morgan fingerprint density at radius 2 is 1.38 bits per heavy atom. The fourth-order valence-electron chi connectivity index (χ4n) is 3.35. The first kappa shape index (κ1) is 16.7. The van der Waals surface area contributed by atoms with Crippen molar-refractivity contribution in [1.82, 2.24) is 0 Å². The first-order chi connectivity index (χ1) is 12.9. The van der Waals surface area contributed by atoms with Crippen molar-refractivity contribution >= 4 is 11.4 Å². The topological polar surface area (TPSA) is 24.5 Å². The number of morpholine rings is 1. The number of benzene rings is 3. The average molecular weight is 344 g/mol. The molecule has 0 atom stereocenters. The van der Waals surface area contributed by atoms with Crippen molar-refractivity contribution in [2.24, 2.45) is 0 Å². The Morgan fingerprint density at radius 3 is 2.15 bits per heavy atom. The zero-order valence-electron chi connectivity index (χ0n) is 14.9. The maximum Gasteiger partial charge on any atom is 0.0642 e. The van der Waals surface area contributed by atoms with E-state index >= 15 is 0 Å². The predicted octanol–water partition coefficient (Wildman–Crippen LogP) is 4.80. The van der Waals surface area contributed by atoms with Crippen LogP contribution in [0.1, 0.15) is 5.56 Å². The number of rotatable bonds is 5. The molecule has 0 unspecified atom stereocenters. The van der Waals surface area contributed by atoms with Gasteiger partial charge in [0, 0.05) is 19.6 Å². The predicted molar refractivity (Wildman–Crippen MR) is 109 cm³/mol. The Bertz CT molecular complexity index is 824. The van der Waals surface area contributed by atoms with E-state index in [1.165, 1.54) is 28.1 Å². The van der Waals surface area contributed by atoms with Crippen LogP contribution < -0.4 is 10.2 Å². The summed E-state index contributed by atoms with van der Waals surface area (Å²) in [5.41, 5.74) is 6.23. The third-order valence-corrected chi connectivity index (χ3v) is 4.80. The molecule has 0 amide bonds. The summed E-state index contributed by atoms with van der Waals surface area (Å²) in [6.07, 6.45) is 0. The molecule has 3 heteroatoms. The lowest BCUT2D eigenvalue weighted by molar-refractivity contribution is 0.123. The number of nitrogens with one attached hydrogen (secondary N) is 1. The molecular weight excluding hydrogens is 320 g/mol. The summed E-state index contributed by atoms with van der Waals surface area (Å²) in [4.78, 5) is 2.39. The molecule has 0 aromatic heterocycles. The lowest BCUT2D eigenvalue weighted by Crippen LogP contribution is -2.36. The highest BCUT2D eigenvalue weighted by atomic mass is 16.5. The number of hydrogen-bond donors (Lipinski definition) is 1. The van der Waals surface area contributed by atoms with E-state index in [1.807, 2.05) is 6.07 Å². The highest BCUT2D eigenvalue weighted by molar-refractivity contribution is 5.70. The molecule has 0 aliphatic carbocycles. The van der Waals surface area contributed by atoms with Gasteiger partial charge in [0.2, 0.25) is 0 Å². The van der Waals surface area contributed by atoms with Crippen LogP contribution in [-0.4, -0.2) is 26.3 Å². The van der Waals surface area contributed by atoms with Crippen LogP contribution in [0.5, 0.6) is 0 Å². The Morgan fingerprint density at radius 1 is 0.731 bits per heavy atom. The van der Waals surface area contributed by atoms with Crippen LogP contribution in [0.15, 0.2) is 78.9 Å². The van der Waals surface area contributed by atoms with Gasteiger partial charge in [0.15, 0.2) is 0 Å². The molecule has 1 aliphatic rings. The van der Waals surface area contributed by atoms with Gasteiger partial charge in [0.05, 0.1) is 24.6 Å². The maximum absolute atomic E-state index is 5.48. The van der Waals surface area contributed by atoms with Crippen LogP contribution in [-0.2, 0) is 11.3 Å². The minimum absolute atomic E-state index is 0.801. The van der Waals surface area contributed by atoms with Crippen LogP contribution in [0.3, 0.4) is 0 Å². The van der Waals surface area contributed by atoms with E-state index in [9.17, 15) is 0 Å². The van der Waals surface area contributed by atoms with Crippen LogP contribution in [0, 0.1) is 0 Å². The molecule has 1 saturated heterocycles. The van der Waals surface area contributed by atoms with Crippen molar-refractivity contribution in [3.05, 3.63) is 84.4 Å². The lowest BCUT2D eigenvalue weighted by atomic mass is 10.0. The summed E-state index contributed by atoms with van der Waals surface area (Å²) in [6.45, 7) is 4.32. The van der Waals surface area contributed by atoms with E-state index < -0.39 is 0 Å². The number of ether oxygens (including phenoxy) is 1. The molecule has 4 rings (SSSR count). The van der Waals surface area contributed by atoms with E-state index in [0.29, 0.717) is 0 Å². The highest BCUT2D eigenvalue weighted by Gasteiger charge is 2.14. The fourth-order valence-corrected chi connectivity index (χ4v) is 3.35. The second kappa shape index (κ2) is 8.07. The maximum atomic E-state index is 5.48. The molecule has 1 N–H and O–H groups in total. The molecule has 0 saturated carbocycles. The molecule has 0 spiro atoms. The summed E-state index contributed by atoms with van der Waals surface area (Å²) in [7, 11) is 0. The van der Waals surface area contributed by atoms with E-state index in [4.69, 9.17) is 4.74 Å². The van der Waals surface area contributed by atoms with Crippen LogP contribution >= 0.6 is 0 Å². The van der Waals surface area contributed by atoms with Gasteiger partial charge in [0.25, 0.3) is 0 Å². The third kappa shape index (κ3) is 3.89. The van der Waals surface area contributed by atoms with E-state index in [1.54, 1.807) is 0 Å². The van der Waals surface area contributed by atoms with Gasteiger partial charge in [-0.25, -0.2) is 0 Å². The number of para-hydroxylation sites is 2. The molecular formula is C23H24N2O. The summed E-state index contributed by atoms with van der Waals surface area (Å²) in [5, 5.41) is 3.60. The van der Waals surface area contributed by atoms with E-state index in [2.05, 4.69) is 83.0 Å². The van der Waals surface area contributed by atoms with Gasteiger partial charge in [-0.15, -0.1) is 0 Å². The van der Waals surface area contributed by atoms with Crippen LogP contribution in [0.25, 0.3) is 11.1 Å². The summed E-state index contributed by atoms with van der Waals surface area (Å²) in [6, 6.07) is 27.8. The molecule has 3 nitrogen and oxygen atoms in total. The van der Waals surface area contributed by atoms with Crippen LogP contribution in [0.4, 0.5) is 11.4 Å². The van der Waals surface area contributed by atoms with Crippen molar-refractivity contribution in [2.75, 3.05) is 36.5 Å². The second-order valence-electron chi connectivity index (χ2n) is 6.53. The van der Waals surface area contributed by atoms with Crippen molar-refractivity contribution in [2.45, 2.75) is 6.54 Å². The Labute approximate surface area is 155 Å². The Kier molecular flexibility index (Phi) is 5.17. The lowest BCUT2D eigenvalue weighted by Gasteiger charge is -2.30. The van der Waals surface area contributed by atoms with Gasteiger partial charge >= 0.3 is 0 Å². The normalized spacial score (nSPS) is 14.2. The standard InChI is InChI=1S/C23H24N2O/c1-2-6-20(7-3-1)21-12-10-19(11-13-21)18-24-22-8-4-5-9-23(22)25-14-16-26-17-15-25/h1-13,24H,14-18H2. The molecule has 3 aromatic carbocycles. The molecule has 1 aliphatic heterocycles. The zero-order chi connectivity index (χ0) is 17.6. The van der Waals surface area contributed by atoms with E-state index in [-0.39, 0.29) is 0 Å². The van der Waals surface area contributed by atoms with Crippen molar-refractivity contribution in [3.63, 3.8) is 0 Å². The SMILES string of the molecule is c1ccc(-c2ccc(CNc3ccccc3N3CCOCC3)cc2)cc1. The first-order valence-electron chi connectivity index (χ1n) is 9.20. The average Bonchev–Trinajstić information content (AvgIpc) is 2.74. The zero-order valence-corrected chi connectivity index (χ0v) is 14.9. The van der Waals surface area contributed by atoms with Crippen molar-refractivity contribution in [1.29, 1.82) is 0 Å². The largest absolute Gasteiger partial charge is 0.379 e. The number of anilines is 2. The Balaban J connectivity index is 1.44. The molecule has 0 bridgehead atoms. The third-order valence-electron chi connectivity index (χ3n) is 4.80. The smallest absolute Gasteiger partial charge is 0.0642 e. The molecule has 0 radical (unpaired) electrons. The molecule has 3 aromatic rings. The van der Waals surface area contributed by atoms with Gasteiger partial charge in [-0.3, -0.25) is 0 Å². The second-order valence-corrected chi connectivity index (χ2v) is 6.53. The molecule has 26 heavy (non-hydrogen) atoms. The van der Waals surface area contributed by atoms with Crippen LogP contribution in [0.2, 0.25) is 0 Å². The highest BCUT2D eigenvalue weighted by Crippen LogP contribution is 2.27. The van der Waals surface area contributed by atoms with Crippen molar-refractivity contribution in [3.8, 4) is 11.1 Å². The van der Waals surface area contributed by atoms with Gasteiger partial charge in [-0.2, -0.15) is 0 Å². The van der Waals surface area contributed by atoms with Crippen molar-refractivity contribution < 1.29 is 4.74 Å². The molecule has 1 heterocycles. The quantitative estimate of drug-likeness (QED) is 0.719.